The van der Waals surface area contributed by atoms with E-state index in [-0.39, 0.29) is 16.5 Å². The molecule has 0 bridgehead atoms. The van der Waals surface area contributed by atoms with Crippen molar-refractivity contribution in [3.63, 3.8) is 0 Å². The van der Waals surface area contributed by atoms with Gasteiger partial charge in [0, 0.05) is 30.6 Å². The number of benzene rings is 1. The van der Waals surface area contributed by atoms with Crippen LogP contribution in [-0.4, -0.2) is 24.6 Å². The summed E-state index contributed by atoms with van der Waals surface area (Å²) in [6.45, 7) is 12.3. The molecule has 5 heteroatoms. The fourth-order valence-electron chi connectivity index (χ4n) is 2.37. The van der Waals surface area contributed by atoms with Crippen molar-refractivity contribution in [1.29, 1.82) is 5.26 Å². The Morgan fingerprint density at radius 1 is 1.12 bits per heavy atom. The lowest BCUT2D eigenvalue weighted by Crippen LogP contribution is -2.17. The summed E-state index contributed by atoms with van der Waals surface area (Å²) in [6, 6.07) is 5.71. The summed E-state index contributed by atoms with van der Waals surface area (Å²) in [5.74, 6) is 0.319. The second-order valence-electron chi connectivity index (χ2n) is 8.02. The monoisotopic (exact) mass is 340 g/mol. The van der Waals surface area contributed by atoms with E-state index in [1.54, 1.807) is 13.3 Å². The van der Waals surface area contributed by atoms with Crippen molar-refractivity contribution < 1.29 is 5.11 Å². The number of allylic oxidation sites excluding steroid dienone is 2. The predicted octanol–water partition coefficient (Wildman–Crippen LogP) is 3.80. The Balaban J connectivity index is 3.57. The summed E-state index contributed by atoms with van der Waals surface area (Å²) in [7, 11) is 1.59. The molecule has 0 aliphatic carbocycles. The summed E-state index contributed by atoms with van der Waals surface area (Å²) in [6.07, 6.45) is 3.09. The molecule has 0 fully saturated rings. The number of aliphatic imine (C=N–C) groups is 2. The molecule has 0 radical (unpaired) electrons. The lowest BCUT2D eigenvalue weighted by Gasteiger charge is -2.27. The molecule has 5 nitrogen and oxygen atoms in total. The Labute approximate surface area is 150 Å². The van der Waals surface area contributed by atoms with Crippen LogP contribution in [-0.2, 0) is 10.8 Å². The predicted molar refractivity (Wildman–Crippen MR) is 104 cm³/mol. The molecule has 0 unspecified atom stereocenters. The Bertz CT molecular complexity index is 731. The number of phenols is 1. The van der Waals surface area contributed by atoms with E-state index in [1.165, 1.54) is 6.21 Å². The van der Waals surface area contributed by atoms with Crippen LogP contribution >= 0.6 is 0 Å². The van der Waals surface area contributed by atoms with Gasteiger partial charge in [0.1, 0.15) is 23.2 Å². The molecule has 3 N–H and O–H groups in total. The number of rotatable bonds is 3. The summed E-state index contributed by atoms with van der Waals surface area (Å²) >= 11 is 0. The maximum Gasteiger partial charge on any atom is 0.138 e. The lowest BCUT2D eigenvalue weighted by atomic mass is 9.78. The van der Waals surface area contributed by atoms with E-state index in [4.69, 9.17) is 11.0 Å². The van der Waals surface area contributed by atoms with Crippen molar-refractivity contribution in [2.24, 2.45) is 15.7 Å². The fraction of sp³-hybridized carbons (Fsp3) is 0.450. The van der Waals surface area contributed by atoms with Crippen LogP contribution in [0, 0.1) is 11.3 Å². The van der Waals surface area contributed by atoms with Gasteiger partial charge in [-0.2, -0.15) is 5.26 Å². The van der Waals surface area contributed by atoms with E-state index < -0.39 is 0 Å². The van der Waals surface area contributed by atoms with E-state index in [0.717, 1.165) is 16.7 Å². The van der Waals surface area contributed by atoms with E-state index in [2.05, 4.69) is 51.5 Å². The van der Waals surface area contributed by atoms with Crippen molar-refractivity contribution in [2.45, 2.75) is 52.4 Å². The molecule has 0 aromatic heterocycles. The van der Waals surface area contributed by atoms with Crippen LogP contribution < -0.4 is 5.73 Å². The van der Waals surface area contributed by atoms with Crippen molar-refractivity contribution in [3.05, 3.63) is 40.2 Å². The van der Waals surface area contributed by atoms with Gasteiger partial charge in [-0.15, -0.1) is 0 Å². The largest absolute Gasteiger partial charge is 0.507 e. The average Bonchev–Trinajstić information content (AvgIpc) is 2.49. The minimum Gasteiger partial charge on any atom is -0.507 e. The Morgan fingerprint density at radius 2 is 1.60 bits per heavy atom. The molecule has 0 saturated heterocycles. The van der Waals surface area contributed by atoms with Crippen LogP contribution in [0.5, 0.6) is 5.75 Å². The first-order valence-electron chi connectivity index (χ1n) is 8.16. The Kier molecular flexibility index (Phi) is 6.15. The minimum absolute atomic E-state index is 0.00715. The second kappa shape index (κ2) is 7.52. The van der Waals surface area contributed by atoms with Crippen molar-refractivity contribution in [3.8, 4) is 11.8 Å². The molecule has 0 amide bonds. The molecular weight excluding hydrogens is 312 g/mol. The summed E-state index contributed by atoms with van der Waals surface area (Å²) < 4.78 is 0. The maximum absolute atomic E-state index is 10.7. The number of nitriles is 1. The fourth-order valence-corrected chi connectivity index (χ4v) is 2.37. The van der Waals surface area contributed by atoms with Gasteiger partial charge in [-0.05, 0) is 28.5 Å². The average molecular weight is 340 g/mol. The van der Waals surface area contributed by atoms with Gasteiger partial charge in [-0.1, -0.05) is 41.5 Å². The summed E-state index contributed by atoms with van der Waals surface area (Å²) in [5, 5.41) is 19.7. The molecular formula is C20H28N4O. The first-order valence-corrected chi connectivity index (χ1v) is 8.16. The molecule has 134 valence electrons. The molecule has 0 saturated carbocycles. The van der Waals surface area contributed by atoms with Crippen LogP contribution in [0.2, 0.25) is 0 Å². The van der Waals surface area contributed by atoms with E-state index in [9.17, 15) is 5.11 Å². The highest BCUT2D eigenvalue weighted by Crippen LogP contribution is 2.39. The molecule has 0 heterocycles. The van der Waals surface area contributed by atoms with Gasteiger partial charge in [0.15, 0.2) is 0 Å². The summed E-state index contributed by atoms with van der Waals surface area (Å²) in [4.78, 5) is 8.18. The smallest absolute Gasteiger partial charge is 0.138 e. The highest BCUT2D eigenvalue weighted by molar-refractivity contribution is 5.88. The number of hydrogen-bond acceptors (Lipinski definition) is 5. The van der Waals surface area contributed by atoms with Gasteiger partial charge in [0.25, 0.3) is 0 Å². The van der Waals surface area contributed by atoms with E-state index in [1.807, 2.05) is 18.2 Å². The van der Waals surface area contributed by atoms with Gasteiger partial charge >= 0.3 is 0 Å². The van der Waals surface area contributed by atoms with Crippen LogP contribution in [0.4, 0.5) is 0 Å². The number of phenolic OH excluding ortho intramolecular Hbond substituents is 1. The van der Waals surface area contributed by atoms with Crippen LogP contribution in [0.3, 0.4) is 0 Å². The van der Waals surface area contributed by atoms with Gasteiger partial charge < -0.3 is 10.8 Å². The molecule has 1 aromatic rings. The highest BCUT2D eigenvalue weighted by atomic mass is 16.3. The quantitative estimate of drug-likeness (QED) is 0.647. The van der Waals surface area contributed by atoms with E-state index >= 15 is 0 Å². The van der Waals surface area contributed by atoms with Gasteiger partial charge in [0.05, 0.1) is 0 Å². The second-order valence-corrected chi connectivity index (χ2v) is 8.02. The Morgan fingerprint density at radius 3 is 1.96 bits per heavy atom. The summed E-state index contributed by atoms with van der Waals surface area (Å²) in [5.41, 5.74) is 8.08. The highest BCUT2D eigenvalue weighted by Gasteiger charge is 2.26. The molecule has 0 atom stereocenters. The molecule has 0 aliphatic heterocycles. The number of nitrogens with zero attached hydrogens (tertiary/aromatic N) is 3. The van der Waals surface area contributed by atoms with Crippen molar-refractivity contribution >= 4 is 12.4 Å². The van der Waals surface area contributed by atoms with Crippen LogP contribution in [0.25, 0.3) is 0 Å². The standard InChI is InChI=1S/C20H28N4O/c1-19(2,3)14-8-13(9-15(18(14)25)20(4,5)6)11-24-17(12-23-7)16(22)10-21/h8-9,11-12,25H,22H2,1-7H3/b17-16-,23-12?,24-11?. The molecule has 1 aromatic carbocycles. The third kappa shape index (κ3) is 5.18. The third-order valence-corrected chi connectivity index (χ3v) is 3.75. The van der Waals surface area contributed by atoms with Crippen molar-refractivity contribution in [1.82, 2.24) is 0 Å². The van der Waals surface area contributed by atoms with Gasteiger partial charge in [-0.3, -0.25) is 9.98 Å². The van der Waals surface area contributed by atoms with Gasteiger partial charge in [0.2, 0.25) is 0 Å². The minimum atomic E-state index is -0.219. The third-order valence-electron chi connectivity index (χ3n) is 3.75. The number of aromatic hydroxyl groups is 1. The zero-order chi connectivity index (χ0) is 19.4. The first kappa shape index (κ1) is 20.4. The molecule has 1 rings (SSSR count). The van der Waals surface area contributed by atoms with Crippen LogP contribution in [0.1, 0.15) is 58.2 Å². The lowest BCUT2D eigenvalue weighted by molar-refractivity contribution is 0.423. The van der Waals surface area contributed by atoms with E-state index in [0.29, 0.717) is 11.4 Å². The normalized spacial score (nSPS) is 14.0. The Hall–Kier alpha value is -2.61. The maximum atomic E-state index is 10.7. The zero-order valence-electron chi connectivity index (χ0n) is 16.2. The molecule has 25 heavy (non-hydrogen) atoms. The zero-order valence-corrected chi connectivity index (χ0v) is 16.2. The molecule has 0 spiro atoms. The number of hydrogen-bond donors (Lipinski definition) is 2. The topological polar surface area (TPSA) is 94.8 Å². The SMILES string of the molecule is CN=C/C(N=Cc1cc(C(C)(C)C)c(O)c(C(C)(C)C)c1)=C(/N)C#N. The van der Waals surface area contributed by atoms with Crippen LogP contribution in [0.15, 0.2) is 33.5 Å². The first-order chi connectivity index (χ1) is 11.4. The van der Waals surface area contributed by atoms with Crippen molar-refractivity contribution in [2.75, 3.05) is 7.05 Å². The number of nitrogens with two attached hydrogens (primary N) is 1. The van der Waals surface area contributed by atoms with Gasteiger partial charge in [-0.25, -0.2) is 0 Å². The molecule has 0 aliphatic rings.